The monoisotopic (exact) mass is 375 g/mol. The minimum atomic E-state index is -4.66. The number of halogens is 3. The summed E-state index contributed by atoms with van der Waals surface area (Å²) in [6.45, 7) is 0. The number of aliphatic hydroxyl groups excluding tert-OH is 1. The summed E-state index contributed by atoms with van der Waals surface area (Å²) in [5.41, 5.74) is 0. The number of rotatable bonds is 5. The van der Waals surface area contributed by atoms with E-state index in [0.29, 0.717) is 0 Å². The van der Waals surface area contributed by atoms with Crippen LogP contribution < -0.4 is 15.9 Å². The van der Waals surface area contributed by atoms with E-state index in [2.05, 4.69) is 0 Å². The number of benzene rings is 3. The molecule has 1 atom stereocenters. The molecule has 0 aliphatic heterocycles. The van der Waals surface area contributed by atoms with Crippen molar-refractivity contribution in [2.24, 2.45) is 0 Å². The molecule has 0 amide bonds. The molecule has 0 aliphatic carbocycles. The fourth-order valence-electron chi connectivity index (χ4n) is 3.17. The van der Waals surface area contributed by atoms with Crippen LogP contribution in [-0.2, 0) is 0 Å². The summed E-state index contributed by atoms with van der Waals surface area (Å²) in [5.74, 6) is 0. The molecule has 5 heteroatoms. The van der Waals surface area contributed by atoms with Gasteiger partial charge in [0.15, 0.2) is 6.10 Å². The van der Waals surface area contributed by atoms with Gasteiger partial charge in [0, 0.05) is 0 Å². The first kappa shape index (κ1) is 18.6. The molecular formula is C21H19F3OP+. The summed E-state index contributed by atoms with van der Waals surface area (Å²) >= 11 is 0. The Morgan fingerprint density at radius 2 is 0.962 bits per heavy atom. The van der Waals surface area contributed by atoms with Crippen LogP contribution in [0.5, 0.6) is 0 Å². The van der Waals surface area contributed by atoms with Crippen LogP contribution in [0.2, 0.25) is 0 Å². The summed E-state index contributed by atoms with van der Waals surface area (Å²) in [6.07, 6.45) is -7.44. The molecule has 26 heavy (non-hydrogen) atoms. The molecular weight excluding hydrogens is 356 g/mol. The van der Waals surface area contributed by atoms with Gasteiger partial charge in [0.1, 0.15) is 29.3 Å². The van der Waals surface area contributed by atoms with Gasteiger partial charge in [-0.25, -0.2) is 0 Å². The first-order valence-electron chi connectivity index (χ1n) is 8.24. The molecule has 0 saturated carbocycles. The van der Waals surface area contributed by atoms with Crippen LogP contribution in [0.25, 0.3) is 0 Å². The highest BCUT2D eigenvalue weighted by molar-refractivity contribution is 7.95. The number of hydrogen-bond donors (Lipinski definition) is 1. The average molecular weight is 375 g/mol. The van der Waals surface area contributed by atoms with E-state index >= 15 is 0 Å². The molecule has 1 unspecified atom stereocenters. The highest BCUT2D eigenvalue weighted by Gasteiger charge is 2.52. The predicted octanol–water partition coefficient (Wildman–Crippen LogP) is 3.90. The van der Waals surface area contributed by atoms with E-state index in [0.717, 1.165) is 15.9 Å². The highest BCUT2D eigenvalue weighted by Crippen LogP contribution is 2.56. The average Bonchev–Trinajstić information content (AvgIpc) is 2.67. The molecule has 3 aromatic carbocycles. The maximum absolute atomic E-state index is 13.3. The molecule has 0 saturated heterocycles. The van der Waals surface area contributed by atoms with Gasteiger partial charge in [0.05, 0.1) is 0 Å². The predicted molar refractivity (Wildman–Crippen MR) is 102 cm³/mol. The maximum atomic E-state index is 13.3. The van der Waals surface area contributed by atoms with Crippen molar-refractivity contribution in [2.45, 2.75) is 12.3 Å². The molecule has 0 radical (unpaired) electrons. The van der Waals surface area contributed by atoms with Crippen LogP contribution in [0, 0.1) is 0 Å². The third-order valence-corrected chi connectivity index (χ3v) is 8.85. The van der Waals surface area contributed by atoms with Crippen molar-refractivity contribution in [2.75, 3.05) is 6.16 Å². The van der Waals surface area contributed by atoms with Gasteiger partial charge in [-0.05, 0) is 36.4 Å². The van der Waals surface area contributed by atoms with Crippen LogP contribution in [0.15, 0.2) is 91.0 Å². The van der Waals surface area contributed by atoms with Crippen LogP contribution in [0.4, 0.5) is 13.2 Å². The first-order valence-corrected chi connectivity index (χ1v) is 10.2. The van der Waals surface area contributed by atoms with E-state index in [-0.39, 0.29) is 6.16 Å². The van der Waals surface area contributed by atoms with Gasteiger partial charge in [-0.3, -0.25) is 0 Å². The van der Waals surface area contributed by atoms with Gasteiger partial charge in [-0.2, -0.15) is 13.2 Å². The summed E-state index contributed by atoms with van der Waals surface area (Å²) in [5, 5.41) is 12.5. The quantitative estimate of drug-likeness (QED) is 0.671. The molecule has 1 N–H and O–H groups in total. The van der Waals surface area contributed by atoms with Crippen LogP contribution in [0.3, 0.4) is 0 Å². The zero-order valence-electron chi connectivity index (χ0n) is 14.0. The highest BCUT2D eigenvalue weighted by atomic mass is 31.2. The van der Waals surface area contributed by atoms with Crippen molar-refractivity contribution in [3.05, 3.63) is 91.0 Å². The molecule has 134 valence electrons. The topological polar surface area (TPSA) is 20.2 Å². The second-order valence-electron chi connectivity index (χ2n) is 6.06. The largest absolute Gasteiger partial charge is 0.417 e. The smallest absolute Gasteiger partial charge is 0.381 e. The van der Waals surface area contributed by atoms with E-state index in [1.54, 1.807) is 0 Å². The third kappa shape index (κ3) is 3.67. The van der Waals surface area contributed by atoms with E-state index in [4.69, 9.17) is 0 Å². The minimum absolute atomic E-state index is 0.380. The fourth-order valence-corrected chi connectivity index (χ4v) is 7.47. The van der Waals surface area contributed by atoms with Gasteiger partial charge >= 0.3 is 6.18 Å². The Morgan fingerprint density at radius 3 is 1.23 bits per heavy atom. The Hall–Kier alpha value is -2.16. The van der Waals surface area contributed by atoms with E-state index in [1.165, 1.54) is 0 Å². The van der Waals surface area contributed by atoms with Crippen molar-refractivity contribution in [1.29, 1.82) is 0 Å². The summed E-state index contributed by atoms with van der Waals surface area (Å²) < 4.78 is 39.9. The molecule has 3 rings (SSSR count). The van der Waals surface area contributed by atoms with Gasteiger partial charge in [-0.15, -0.1) is 0 Å². The van der Waals surface area contributed by atoms with E-state index in [9.17, 15) is 18.3 Å². The van der Waals surface area contributed by atoms with Gasteiger partial charge in [0.25, 0.3) is 0 Å². The Bertz CT molecular complexity index is 723. The Kier molecular flexibility index (Phi) is 5.45. The standard InChI is InChI=1S/C21H19F3OP/c22-21(23,24)20(25)16-26(17-10-4-1-5-11-17,18-12-6-2-7-13-18)19-14-8-3-9-15-19/h1-15,20,25H,16H2/q+1. The van der Waals surface area contributed by atoms with Crippen molar-refractivity contribution in [1.82, 2.24) is 0 Å². The van der Waals surface area contributed by atoms with E-state index in [1.807, 2.05) is 91.0 Å². The Labute approximate surface area is 151 Å². The zero-order valence-corrected chi connectivity index (χ0v) is 14.9. The molecule has 3 aromatic rings. The Morgan fingerprint density at radius 1 is 0.654 bits per heavy atom. The number of hydrogen-bond acceptors (Lipinski definition) is 1. The molecule has 0 spiro atoms. The molecule has 0 aromatic heterocycles. The van der Waals surface area contributed by atoms with Crippen LogP contribution in [0.1, 0.15) is 0 Å². The lowest BCUT2D eigenvalue weighted by molar-refractivity contribution is -0.196. The molecule has 0 heterocycles. The van der Waals surface area contributed by atoms with Crippen LogP contribution in [-0.4, -0.2) is 23.5 Å². The fraction of sp³-hybridized carbons (Fsp3) is 0.143. The molecule has 0 aliphatic rings. The molecule has 1 nitrogen and oxygen atoms in total. The van der Waals surface area contributed by atoms with Crippen molar-refractivity contribution in [3.8, 4) is 0 Å². The van der Waals surface area contributed by atoms with Crippen molar-refractivity contribution >= 4 is 23.2 Å². The minimum Gasteiger partial charge on any atom is -0.381 e. The SMILES string of the molecule is OC(C[P+](c1ccccc1)(c1ccccc1)c1ccccc1)C(F)(F)F. The number of aliphatic hydroxyl groups is 1. The lowest BCUT2D eigenvalue weighted by Gasteiger charge is -2.30. The molecule has 0 bridgehead atoms. The number of alkyl halides is 3. The maximum Gasteiger partial charge on any atom is 0.417 e. The second-order valence-corrected chi connectivity index (χ2v) is 9.59. The van der Waals surface area contributed by atoms with Crippen molar-refractivity contribution < 1.29 is 18.3 Å². The van der Waals surface area contributed by atoms with Gasteiger partial charge in [0.2, 0.25) is 0 Å². The van der Waals surface area contributed by atoms with Crippen LogP contribution >= 0.6 is 7.26 Å². The lowest BCUT2D eigenvalue weighted by Crippen LogP contribution is -2.42. The normalized spacial score (nSPS) is 13.4. The van der Waals surface area contributed by atoms with Gasteiger partial charge < -0.3 is 5.11 Å². The third-order valence-electron chi connectivity index (χ3n) is 4.42. The zero-order chi connectivity index (χ0) is 18.6. The first-order chi connectivity index (χ1) is 12.4. The van der Waals surface area contributed by atoms with Crippen molar-refractivity contribution in [3.63, 3.8) is 0 Å². The second kappa shape index (κ2) is 7.61. The Balaban J connectivity index is 2.28. The summed E-state index contributed by atoms with van der Waals surface area (Å²) in [4.78, 5) is 0. The van der Waals surface area contributed by atoms with E-state index < -0.39 is 19.5 Å². The molecule has 0 fully saturated rings. The lowest BCUT2D eigenvalue weighted by atomic mass is 10.3. The summed E-state index contributed by atoms with van der Waals surface area (Å²) in [7, 11) is -2.68. The van der Waals surface area contributed by atoms with Gasteiger partial charge in [-0.1, -0.05) is 54.6 Å². The summed E-state index contributed by atoms with van der Waals surface area (Å²) in [6, 6.07) is 27.6.